The van der Waals surface area contributed by atoms with Crippen LogP contribution in [0.5, 0.6) is 0 Å². The first kappa shape index (κ1) is 19.1. The third kappa shape index (κ3) is 5.10. The van der Waals surface area contributed by atoms with Crippen LogP contribution in [0.4, 0.5) is 5.69 Å². The van der Waals surface area contributed by atoms with Gasteiger partial charge in [-0.25, -0.2) is 13.1 Å². The number of non-ortho nitro benzene ring substituents is 1. The first-order valence-corrected chi connectivity index (χ1v) is 9.46. The molecule has 0 atom stereocenters. The molecule has 2 rings (SSSR count). The molecule has 1 saturated carbocycles. The minimum absolute atomic E-state index is 0.0722. The minimum Gasteiger partial charge on any atom is -0.466 e. The van der Waals surface area contributed by atoms with E-state index in [2.05, 4.69) is 11.3 Å². The lowest BCUT2D eigenvalue weighted by molar-refractivity contribution is -0.384. The minimum atomic E-state index is -3.61. The first-order valence-electron chi connectivity index (χ1n) is 7.81. The van der Waals surface area contributed by atoms with Crippen LogP contribution in [0.25, 0.3) is 5.57 Å². The van der Waals surface area contributed by atoms with Gasteiger partial charge in [-0.1, -0.05) is 6.58 Å². The molecule has 0 bridgehead atoms. The topological polar surface area (TPSA) is 116 Å². The van der Waals surface area contributed by atoms with Gasteiger partial charge in [-0.3, -0.25) is 14.9 Å². The molecular formula is C16H20N2O6S. The predicted molar refractivity (Wildman–Crippen MR) is 92.2 cm³/mol. The van der Waals surface area contributed by atoms with Gasteiger partial charge >= 0.3 is 5.97 Å². The molecule has 0 aromatic heterocycles. The van der Waals surface area contributed by atoms with E-state index >= 15 is 0 Å². The molecule has 1 fully saturated rings. The van der Waals surface area contributed by atoms with E-state index < -0.39 is 14.9 Å². The number of benzene rings is 1. The molecule has 9 heteroatoms. The van der Waals surface area contributed by atoms with Crippen LogP contribution in [-0.4, -0.2) is 37.7 Å². The summed E-state index contributed by atoms with van der Waals surface area (Å²) in [6.07, 6.45) is 0.837. The summed E-state index contributed by atoms with van der Waals surface area (Å²) in [7, 11) is -3.61. The van der Waals surface area contributed by atoms with E-state index in [-0.39, 0.29) is 29.4 Å². The lowest BCUT2D eigenvalue weighted by Crippen LogP contribution is -2.47. The first-order chi connectivity index (χ1) is 11.7. The fourth-order valence-corrected chi connectivity index (χ4v) is 4.00. The number of nitro groups is 1. The van der Waals surface area contributed by atoms with Crippen LogP contribution >= 0.6 is 0 Å². The molecule has 0 radical (unpaired) electrons. The van der Waals surface area contributed by atoms with Gasteiger partial charge in [0.15, 0.2) is 0 Å². The maximum Gasteiger partial charge on any atom is 0.309 e. The maximum absolute atomic E-state index is 12.2. The summed E-state index contributed by atoms with van der Waals surface area (Å²) in [5.41, 5.74) is 0.787. The molecule has 0 amide bonds. The molecule has 0 saturated heterocycles. The third-order valence-electron chi connectivity index (χ3n) is 3.95. The zero-order valence-electron chi connectivity index (χ0n) is 13.8. The number of carbonyl (C=O) groups is 1. The van der Waals surface area contributed by atoms with Gasteiger partial charge in [0.25, 0.3) is 5.69 Å². The molecular weight excluding hydrogens is 348 g/mol. The Morgan fingerprint density at radius 2 is 1.96 bits per heavy atom. The van der Waals surface area contributed by atoms with Crippen molar-refractivity contribution in [2.75, 3.05) is 12.4 Å². The molecule has 8 nitrogen and oxygen atoms in total. The van der Waals surface area contributed by atoms with Crippen LogP contribution in [0.1, 0.15) is 25.3 Å². The van der Waals surface area contributed by atoms with Crippen molar-refractivity contribution in [1.29, 1.82) is 0 Å². The highest BCUT2D eigenvalue weighted by Gasteiger charge is 2.37. The number of rotatable bonds is 8. The zero-order chi connectivity index (χ0) is 18.6. The smallest absolute Gasteiger partial charge is 0.309 e. The SMILES string of the molecule is C=C(CS(=O)(=O)NC1CC(C(=O)OCC)C1)c1ccc([N+](=O)[O-])cc1. The Morgan fingerprint density at radius 3 is 2.48 bits per heavy atom. The Kier molecular flexibility index (Phi) is 5.91. The molecule has 0 spiro atoms. The Labute approximate surface area is 146 Å². The number of nitrogens with zero attached hydrogens (tertiary/aromatic N) is 1. The van der Waals surface area contributed by atoms with Crippen molar-refractivity contribution in [3.05, 3.63) is 46.5 Å². The van der Waals surface area contributed by atoms with Gasteiger partial charge in [0.2, 0.25) is 10.0 Å². The Morgan fingerprint density at radius 1 is 1.36 bits per heavy atom. The molecule has 1 N–H and O–H groups in total. The van der Waals surface area contributed by atoms with Crippen molar-refractivity contribution in [1.82, 2.24) is 4.72 Å². The van der Waals surface area contributed by atoms with Crippen LogP contribution in [0.2, 0.25) is 0 Å². The fourth-order valence-electron chi connectivity index (χ4n) is 2.59. The number of nitrogens with one attached hydrogen (secondary N) is 1. The summed E-state index contributed by atoms with van der Waals surface area (Å²) in [5.74, 6) is -0.871. The van der Waals surface area contributed by atoms with Crippen molar-refractivity contribution in [2.24, 2.45) is 5.92 Å². The number of sulfonamides is 1. The molecule has 1 aromatic carbocycles. The molecule has 0 heterocycles. The second-order valence-corrected chi connectivity index (χ2v) is 7.66. The van der Waals surface area contributed by atoms with E-state index in [1.165, 1.54) is 24.3 Å². The number of ether oxygens (including phenoxy) is 1. The molecule has 1 aromatic rings. The summed E-state index contributed by atoms with van der Waals surface area (Å²) in [6, 6.07) is 5.25. The molecule has 0 aliphatic heterocycles. The number of carbonyl (C=O) groups excluding carboxylic acids is 1. The molecule has 25 heavy (non-hydrogen) atoms. The third-order valence-corrected chi connectivity index (χ3v) is 5.38. The summed E-state index contributed by atoms with van der Waals surface area (Å²) in [5, 5.41) is 10.6. The predicted octanol–water partition coefficient (Wildman–Crippen LogP) is 1.87. The number of hydrogen-bond donors (Lipinski definition) is 1. The molecule has 0 unspecified atom stereocenters. The number of esters is 1. The molecule has 136 valence electrons. The number of hydrogen-bond acceptors (Lipinski definition) is 6. The van der Waals surface area contributed by atoms with E-state index in [1.54, 1.807) is 6.92 Å². The normalized spacial score (nSPS) is 19.7. The summed E-state index contributed by atoms with van der Waals surface area (Å²) in [6.45, 7) is 5.77. The van der Waals surface area contributed by atoms with Crippen molar-refractivity contribution >= 4 is 27.3 Å². The van der Waals surface area contributed by atoms with Crippen LogP contribution in [0.3, 0.4) is 0 Å². The summed E-state index contributed by atoms with van der Waals surface area (Å²) in [4.78, 5) is 21.6. The highest BCUT2D eigenvalue weighted by atomic mass is 32.2. The van der Waals surface area contributed by atoms with Crippen molar-refractivity contribution in [2.45, 2.75) is 25.8 Å². The number of nitro benzene ring substituents is 1. The van der Waals surface area contributed by atoms with Gasteiger partial charge in [0.05, 0.1) is 23.2 Å². The van der Waals surface area contributed by atoms with Crippen LogP contribution in [0, 0.1) is 16.0 Å². The second kappa shape index (κ2) is 7.75. The maximum atomic E-state index is 12.2. The summed E-state index contributed by atoms with van der Waals surface area (Å²) >= 11 is 0. The van der Waals surface area contributed by atoms with E-state index in [0.717, 1.165) is 0 Å². The zero-order valence-corrected chi connectivity index (χ0v) is 14.6. The van der Waals surface area contributed by atoms with Gasteiger partial charge in [-0.15, -0.1) is 0 Å². The quantitative estimate of drug-likeness (QED) is 0.425. The van der Waals surface area contributed by atoms with E-state index in [1.807, 2.05) is 0 Å². The second-order valence-electron chi connectivity index (χ2n) is 5.90. The van der Waals surface area contributed by atoms with Gasteiger partial charge < -0.3 is 4.74 Å². The standard InChI is InChI=1S/C16H20N2O6S/c1-3-24-16(19)13-8-14(9-13)17-25(22,23)10-11(2)12-4-6-15(7-5-12)18(20)21/h4-7,13-14,17H,2-3,8-10H2,1H3. The molecule has 1 aliphatic rings. The van der Waals surface area contributed by atoms with Crippen molar-refractivity contribution in [3.8, 4) is 0 Å². The van der Waals surface area contributed by atoms with E-state index in [0.29, 0.717) is 30.6 Å². The van der Waals surface area contributed by atoms with Crippen LogP contribution in [-0.2, 0) is 19.6 Å². The molecule has 1 aliphatic carbocycles. The highest BCUT2D eigenvalue weighted by molar-refractivity contribution is 7.89. The van der Waals surface area contributed by atoms with E-state index in [4.69, 9.17) is 4.74 Å². The Bertz CT molecular complexity index is 766. The fraction of sp³-hybridized carbons (Fsp3) is 0.438. The van der Waals surface area contributed by atoms with Crippen molar-refractivity contribution in [3.63, 3.8) is 0 Å². The average Bonchev–Trinajstić information content (AvgIpc) is 2.50. The van der Waals surface area contributed by atoms with Crippen molar-refractivity contribution < 1.29 is 22.9 Å². The van der Waals surface area contributed by atoms with Gasteiger partial charge in [0, 0.05) is 18.2 Å². The van der Waals surface area contributed by atoms with Crippen LogP contribution in [0.15, 0.2) is 30.8 Å². The Balaban J connectivity index is 1.88. The summed E-state index contributed by atoms with van der Waals surface area (Å²) < 4.78 is 31.8. The monoisotopic (exact) mass is 368 g/mol. The highest BCUT2D eigenvalue weighted by Crippen LogP contribution is 2.29. The van der Waals surface area contributed by atoms with Gasteiger partial charge in [-0.05, 0) is 43.0 Å². The lowest BCUT2D eigenvalue weighted by atomic mass is 9.81. The Hall–Kier alpha value is -2.26. The average molecular weight is 368 g/mol. The van der Waals surface area contributed by atoms with E-state index in [9.17, 15) is 23.3 Å². The lowest BCUT2D eigenvalue weighted by Gasteiger charge is -2.33. The van der Waals surface area contributed by atoms with Gasteiger partial charge in [0.1, 0.15) is 0 Å². The van der Waals surface area contributed by atoms with Crippen LogP contribution < -0.4 is 4.72 Å². The van der Waals surface area contributed by atoms with Gasteiger partial charge in [-0.2, -0.15) is 0 Å². The largest absolute Gasteiger partial charge is 0.466 e.